The van der Waals surface area contributed by atoms with E-state index in [0.717, 1.165) is 37.5 Å². The molecule has 2 nitrogen and oxygen atoms in total. The van der Waals surface area contributed by atoms with Crippen LogP contribution >= 0.6 is 0 Å². The topological polar surface area (TPSA) is 26.3 Å². The highest BCUT2D eigenvalue weighted by molar-refractivity contribution is 5.75. The first-order valence-corrected chi connectivity index (χ1v) is 12.5. The van der Waals surface area contributed by atoms with Gasteiger partial charge < -0.3 is 4.74 Å². The van der Waals surface area contributed by atoms with Crippen molar-refractivity contribution in [3.8, 4) is 5.75 Å². The molecule has 0 aromatic heterocycles. The summed E-state index contributed by atoms with van der Waals surface area (Å²) in [5, 5.41) is 0. The van der Waals surface area contributed by atoms with Crippen molar-refractivity contribution in [2.45, 2.75) is 99.3 Å². The second-order valence-corrected chi connectivity index (χ2v) is 12.1. The van der Waals surface area contributed by atoms with E-state index in [9.17, 15) is 4.79 Å². The Morgan fingerprint density at radius 2 is 1.58 bits per heavy atom. The van der Waals surface area contributed by atoms with Crippen LogP contribution in [0.2, 0.25) is 0 Å². The van der Waals surface area contributed by atoms with Crippen LogP contribution in [0.4, 0.5) is 0 Å². The lowest BCUT2D eigenvalue weighted by Gasteiger charge is -2.37. The van der Waals surface area contributed by atoms with E-state index in [2.05, 4.69) is 59.8 Å². The molecule has 0 aliphatic heterocycles. The first-order valence-electron chi connectivity index (χ1n) is 12.5. The molecule has 2 aliphatic carbocycles. The number of allylic oxidation sites excluding steroid dienone is 2. The Morgan fingerprint density at radius 3 is 2.10 bits per heavy atom. The van der Waals surface area contributed by atoms with E-state index < -0.39 is 0 Å². The minimum atomic E-state index is -0.0763. The van der Waals surface area contributed by atoms with Gasteiger partial charge in [-0.3, -0.25) is 4.79 Å². The van der Waals surface area contributed by atoms with E-state index in [1.54, 1.807) is 0 Å². The van der Waals surface area contributed by atoms with Crippen molar-refractivity contribution in [1.29, 1.82) is 0 Å². The number of rotatable bonds is 5. The van der Waals surface area contributed by atoms with E-state index in [4.69, 9.17) is 4.74 Å². The van der Waals surface area contributed by atoms with Crippen molar-refractivity contribution in [1.82, 2.24) is 0 Å². The highest BCUT2D eigenvalue weighted by Gasteiger charge is 2.30. The molecule has 1 atom stereocenters. The van der Waals surface area contributed by atoms with Crippen LogP contribution in [0.25, 0.3) is 0 Å². The van der Waals surface area contributed by atoms with Crippen LogP contribution in [0.15, 0.2) is 35.9 Å². The van der Waals surface area contributed by atoms with E-state index >= 15 is 0 Å². The van der Waals surface area contributed by atoms with Crippen molar-refractivity contribution in [2.24, 2.45) is 28.6 Å². The number of hydrogen-bond acceptors (Lipinski definition) is 2. The third-order valence-electron chi connectivity index (χ3n) is 7.76. The lowest BCUT2D eigenvalue weighted by molar-refractivity contribution is -0.139. The molecular weight excluding hydrogens is 380 g/mol. The Hall–Kier alpha value is -1.57. The molecule has 0 N–H and O–H groups in total. The summed E-state index contributed by atoms with van der Waals surface area (Å²) in [4.78, 5) is 12.6. The van der Waals surface area contributed by atoms with E-state index in [-0.39, 0.29) is 17.3 Å². The number of esters is 1. The van der Waals surface area contributed by atoms with Crippen LogP contribution in [0.3, 0.4) is 0 Å². The van der Waals surface area contributed by atoms with Crippen molar-refractivity contribution < 1.29 is 9.53 Å². The van der Waals surface area contributed by atoms with Gasteiger partial charge in [-0.2, -0.15) is 0 Å². The maximum Gasteiger partial charge on any atom is 0.314 e. The zero-order chi connectivity index (χ0) is 22.6. The summed E-state index contributed by atoms with van der Waals surface area (Å²) in [7, 11) is 0. The summed E-state index contributed by atoms with van der Waals surface area (Å²) < 4.78 is 5.70. The third kappa shape index (κ3) is 6.96. The van der Waals surface area contributed by atoms with Gasteiger partial charge in [-0.15, -0.1) is 0 Å². The largest absolute Gasteiger partial charge is 0.426 e. The van der Waals surface area contributed by atoms with Gasteiger partial charge in [0.25, 0.3) is 0 Å². The van der Waals surface area contributed by atoms with Crippen molar-refractivity contribution in [3.63, 3.8) is 0 Å². The van der Waals surface area contributed by atoms with E-state index in [1.807, 2.05) is 12.1 Å². The second-order valence-electron chi connectivity index (χ2n) is 12.1. The molecule has 0 amide bonds. The van der Waals surface area contributed by atoms with Crippen molar-refractivity contribution >= 4 is 5.97 Å². The average molecular weight is 425 g/mol. The maximum atomic E-state index is 12.6. The molecule has 1 saturated carbocycles. The molecular formula is C29H44O2. The molecule has 0 heterocycles. The van der Waals surface area contributed by atoms with Gasteiger partial charge in [0.1, 0.15) is 5.75 Å². The minimum absolute atomic E-state index is 0.00555. The fourth-order valence-corrected chi connectivity index (χ4v) is 5.34. The molecule has 1 aromatic rings. The third-order valence-corrected chi connectivity index (χ3v) is 7.76. The monoisotopic (exact) mass is 424 g/mol. The van der Waals surface area contributed by atoms with Crippen LogP contribution in [0.5, 0.6) is 5.75 Å². The number of ether oxygens (including phenoxy) is 1. The van der Waals surface area contributed by atoms with Crippen LogP contribution in [0, 0.1) is 28.6 Å². The summed E-state index contributed by atoms with van der Waals surface area (Å²) in [6, 6.07) is 8.23. The van der Waals surface area contributed by atoms with Gasteiger partial charge in [-0.1, -0.05) is 78.2 Å². The van der Waals surface area contributed by atoms with E-state index in [1.165, 1.54) is 43.2 Å². The summed E-state index contributed by atoms with van der Waals surface area (Å²) in [6.07, 6.45) is 12.9. The molecule has 172 valence electrons. The zero-order valence-corrected chi connectivity index (χ0v) is 20.8. The number of carbonyl (C=O) groups excluding carboxylic acids is 1. The number of hydrogen-bond donors (Lipinski definition) is 0. The number of aryl methyl sites for hydroxylation is 1. The van der Waals surface area contributed by atoms with Gasteiger partial charge in [0, 0.05) is 0 Å². The highest BCUT2D eigenvalue weighted by Crippen LogP contribution is 2.41. The van der Waals surface area contributed by atoms with E-state index in [0.29, 0.717) is 11.2 Å². The van der Waals surface area contributed by atoms with Gasteiger partial charge in [-0.05, 0) is 85.3 Å². The van der Waals surface area contributed by atoms with Crippen LogP contribution < -0.4 is 4.74 Å². The quantitative estimate of drug-likeness (QED) is 0.271. The molecule has 3 rings (SSSR count). The Morgan fingerprint density at radius 1 is 0.935 bits per heavy atom. The van der Waals surface area contributed by atoms with Crippen LogP contribution in [0.1, 0.15) is 98.5 Å². The molecule has 1 aromatic carbocycles. The predicted octanol–water partition coefficient (Wildman–Crippen LogP) is 8.15. The maximum absolute atomic E-state index is 12.6. The second kappa shape index (κ2) is 9.92. The SMILES string of the molecule is CC(C)(C)C1=CCC(C(=O)Oc2ccc(CCC3CCC(C(C)(C)C)CC3)cc2)CC1. The summed E-state index contributed by atoms with van der Waals surface area (Å²) in [6.45, 7) is 13.9. The van der Waals surface area contributed by atoms with Crippen LogP contribution in [-0.2, 0) is 11.2 Å². The summed E-state index contributed by atoms with van der Waals surface area (Å²) in [5.41, 5.74) is 3.48. The summed E-state index contributed by atoms with van der Waals surface area (Å²) in [5.74, 6) is 2.36. The fourth-order valence-electron chi connectivity index (χ4n) is 5.34. The molecule has 0 spiro atoms. The van der Waals surface area contributed by atoms with Gasteiger partial charge in [-0.25, -0.2) is 0 Å². The minimum Gasteiger partial charge on any atom is -0.426 e. The number of carbonyl (C=O) groups is 1. The fraction of sp³-hybridized carbons (Fsp3) is 0.690. The molecule has 0 saturated heterocycles. The number of benzene rings is 1. The van der Waals surface area contributed by atoms with Gasteiger partial charge >= 0.3 is 5.97 Å². The predicted molar refractivity (Wildman–Crippen MR) is 130 cm³/mol. The molecule has 0 bridgehead atoms. The van der Waals surface area contributed by atoms with Crippen molar-refractivity contribution in [2.75, 3.05) is 0 Å². The average Bonchev–Trinajstić information content (AvgIpc) is 2.72. The first-order chi connectivity index (χ1) is 14.5. The lowest BCUT2D eigenvalue weighted by Crippen LogP contribution is -2.26. The van der Waals surface area contributed by atoms with Crippen LogP contribution in [-0.4, -0.2) is 5.97 Å². The first kappa shape index (κ1) is 24.1. The molecule has 31 heavy (non-hydrogen) atoms. The van der Waals surface area contributed by atoms with Gasteiger partial charge in [0.15, 0.2) is 0 Å². The molecule has 2 aliphatic rings. The Kier molecular flexibility index (Phi) is 7.71. The highest BCUT2D eigenvalue weighted by atomic mass is 16.5. The summed E-state index contributed by atoms with van der Waals surface area (Å²) >= 11 is 0. The smallest absolute Gasteiger partial charge is 0.314 e. The molecule has 0 radical (unpaired) electrons. The molecule has 2 heteroatoms. The normalized spacial score (nSPS) is 25.1. The van der Waals surface area contributed by atoms with Gasteiger partial charge in [0.05, 0.1) is 5.92 Å². The zero-order valence-electron chi connectivity index (χ0n) is 20.8. The standard InChI is InChI=1S/C29H44O2/c1-28(2,3)24-15-9-21(10-16-24)7-8-22-11-19-26(20-12-22)31-27(30)23-13-17-25(18-14-23)29(4,5)6/h11-12,17,19-21,23-24H,7-10,13-16,18H2,1-6H3. The molecule has 1 unspecified atom stereocenters. The lowest BCUT2D eigenvalue weighted by atomic mass is 9.69. The Bertz CT molecular complexity index is 749. The van der Waals surface area contributed by atoms with Crippen molar-refractivity contribution in [3.05, 3.63) is 41.5 Å². The Balaban J connectivity index is 1.42. The Labute approximate surface area is 190 Å². The van der Waals surface area contributed by atoms with Gasteiger partial charge in [0.2, 0.25) is 0 Å². The molecule has 1 fully saturated rings.